The monoisotopic (exact) mass is 417 g/mol. The van der Waals surface area contributed by atoms with Crippen molar-refractivity contribution < 1.29 is 19.4 Å². The van der Waals surface area contributed by atoms with Crippen molar-refractivity contribution in [1.29, 1.82) is 0 Å². The Morgan fingerprint density at radius 2 is 1.66 bits per heavy atom. The number of anilines is 1. The lowest BCUT2D eigenvalue weighted by atomic mass is 10.1. The fourth-order valence-corrected chi connectivity index (χ4v) is 4.18. The molecular weight excluding hydrogens is 386 g/mol. The van der Waals surface area contributed by atoms with Gasteiger partial charge in [-0.15, -0.1) is 11.3 Å². The molecule has 0 spiro atoms. The normalized spacial score (nSPS) is 10.7. The first-order valence-electron chi connectivity index (χ1n) is 10.4. The SMILES string of the molecule is CCCCCCCCCCc1cc(C(=O)O)c(NC(=O)OCc2ccccc2)s1. The van der Waals surface area contributed by atoms with E-state index in [1.54, 1.807) is 6.07 Å². The van der Waals surface area contributed by atoms with E-state index in [1.165, 1.54) is 49.9 Å². The molecule has 0 fully saturated rings. The first kappa shape index (κ1) is 22.9. The quantitative estimate of drug-likeness (QED) is 0.348. The van der Waals surface area contributed by atoms with Gasteiger partial charge in [-0.3, -0.25) is 5.32 Å². The first-order chi connectivity index (χ1) is 14.1. The summed E-state index contributed by atoms with van der Waals surface area (Å²) in [7, 11) is 0. The molecule has 0 aliphatic heterocycles. The number of benzene rings is 1. The van der Waals surface area contributed by atoms with Gasteiger partial charge in [0.15, 0.2) is 0 Å². The Morgan fingerprint density at radius 1 is 1.00 bits per heavy atom. The van der Waals surface area contributed by atoms with E-state index >= 15 is 0 Å². The van der Waals surface area contributed by atoms with E-state index in [-0.39, 0.29) is 12.2 Å². The Bertz CT molecular complexity index is 757. The predicted octanol–water partition coefficient (Wildman–Crippen LogP) is 6.88. The zero-order valence-corrected chi connectivity index (χ0v) is 17.9. The summed E-state index contributed by atoms with van der Waals surface area (Å²) in [6.07, 6.45) is 10.1. The highest BCUT2D eigenvalue weighted by Gasteiger charge is 2.17. The number of carbonyl (C=O) groups excluding carboxylic acids is 1. The lowest BCUT2D eigenvalue weighted by Crippen LogP contribution is -2.14. The van der Waals surface area contributed by atoms with Crippen molar-refractivity contribution in [1.82, 2.24) is 0 Å². The Balaban J connectivity index is 1.78. The molecule has 0 bridgehead atoms. The van der Waals surface area contributed by atoms with E-state index in [2.05, 4.69) is 12.2 Å². The minimum absolute atomic E-state index is 0.126. The van der Waals surface area contributed by atoms with Crippen LogP contribution >= 0.6 is 11.3 Å². The van der Waals surface area contributed by atoms with Crippen LogP contribution in [-0.4, -0.2) is 17.2 Å². The molecular formula is C23H31NO4S. The molecule has 1 heterocycles. The third kappa shape index (κ3) is 8.69. The van der Waals surface area contributed by atoms with E-state index in [9.17, 15) is 14.7 Å². The maximum Gasteiger partial charge on any atom is 0.412 e. The molecule has 0 atom stereocenters. The molecule has 0 aliphatic rings. The van der Waals surface area contributed by atoms with Gasteiger partial charge in [0.1, 0.15) is 11.6 Å². The second-order valence-corrected chi connectivity index (χ2v) is 8.31. The zero-order chi connectivity index (χ0) is 20.9. The molecule has 2 N–H and O–H groups in total. The molecule has 1 aromatic carbocycles. The van der Waals surface area contributed by atoms with Crippen molar-refractivity contribution >= 4 is 28.4 Å². The number of aryl methyl sites for hydroxylation is 1. The summed E-state index contributed by atoms with van der Waals surface area (Å²) in [5.41, 5.74) is 1.00. The standard InChI is InChI=1S/C23H31NO4S/c1-2-3-4-5-6-7-8-12-15-19-16-20(22(25)26)21(29-19)24-23(27)28-17-18-13-10-9-11-14-18/h9-11,13-14,16H,2-8,12,15,17H2,1H3,(H,24,27)(H,25,26). The molecule has 1 aromatic heterocycles. The van der Waals surface area contributed by atoms with Gasteiger partial charge in [-0.05, 0) is 24.5 Å². The van der Waals surface area contributed by atoms with Crippen molar-refractivity contribution in [2.45, 2.75) is 71.3 Å². The summed E-state index contributed by atoms with van der Waals surface area (Å²) < 4.78 is 5.19. The van der Waals surface area contributed by atoms with Crippen LogP contribution in [0.2, 0.25) is 0 Å². The van der Waals surface area contributed by atoms with Gasteiger partial charge in [-0.2, -0.15) is 0 Å². The Morgan fingerprint density at radius 3 is 2.31 bits per heavy atom. The molecule has 6 heteroatoms. The number of hydrogen-bond acceptors (Lipinski definition) is 4. The predicted molar refractivity (Wildman–Crippen MR) is 118 cm³/mol. The maximum absolute atomic E-state index is 12.1. The molecule has 2 rings (SSSR count). The van der Waals surface area contributed by atoms with Crippen molar-refractivity contribution in [2.75, 3.05) is 5.32 Å². The number of carboxylic acids is 1. The van der Waals surface area contributed by atoms with Gasteiger partial charge >= 0.3 is 12.1 Å². The molecule has 0 saturated carbocycles. The highest BCUT2D eigenvalue weighted by atomic mass is 32.1. The van der Waals surface area contributed by atoms with Gasteiger partial charge in [-0.25, -0.2) is 9.59 Å². The molecule has 0 radical (unpaired) electrons. The molecule has 158 valence electrons. The average molecular weight is 418 g/mol. The lowest BCUT2D eigenvalue weighted by Gasteiger charge is -2.06. The number of amides is 1. The van der Waals surface area contributed by atoms with Crippen LogP contribution in [0.3, 0.4) is 0 Å². The number of carbonyl (C=O) groups is 2. The van der Waals surface area contributed by atoms with Crippen molar-refractivity contribution in [3.63, 3.8) is 0 Å². The summed E-state index contributed by atoms with van der Waals surface area (Å²) in [6.45, 7) is 2.37. The van der Waals surface area contributed by atoms with Crippen LogP contribution in [0.25, 0.3) is 0 Å². The van der Waals surface area contributed by atoms with Crippen molar-refractivity contribution in [3.05, 3.63) is 52.4 Å². The van der Waals surface area contributed by atoms with Gasteiger partial charge in [-0.1, -0.05) is 82.2 Å². The fraction of sp³-hybridized carbons (Fsp3) is 0.478. The van der Waals surface area contributed by atoms with Crippen LogP contribution in [0.5, 0.6) is 0 Å². The number of unbranched alkanes of at least 4 members (excludes halogenated alkanes) is 7. The largest absolute Gasteiger partial charge is 0.478 e. The minimum Gasteiger partial charge on any atom is -0.478 e. The highest BCUT2D eigenvalue weighted by Crippen LogP contribution is 2.30. The third-order valence-corrected chi connectivity index (χ3v) is 5.83. The van der Waals surface area contributed by atoms with E-state index in [4.69, 9.17) is 4.74 Å². The van der Waals surface area contributed by atoms with Crippen LogP contribution in [0.1, 0.15) is 79.1 Å². The molecule has 2 aromatic rings. The van der Waals surface area contributed by atoms with Crippen LogP contribution < -0.4 is 5.32 Å². The van der Waals surface area contributed by atoms with Gasteiger partial charge in [0.25, 0.3) is 0 Å². The number of aromatic carboxylic acids is 1. The summed E-state index contributed by atoms with van der Waals surface area (Å²) in [5.74, 6) is -1.04. The number of thiophene rings is 1. The molecule has 0 unspecified atom stereocenters. The molecule has 29 heavy (non-hydrogen) atoms. The Kier molecular flexibility index (Phi) is 10.3. The van der Waals surface area contributed by atoms with Crippen molar-refractivity contribution in [3.8, 4) is 0 Å². The zero-order valence-electron chi connectivity index (χ0n) is 17.1. The average Bonchev–Trinajstić information content (AvgIpc) is 3.12. The minimum atomic E-state index is -1.04. The summed E-state index contributed by atoms with van der Waals surface area (Å²) >= 11 is 1.32. The van der Waals surface area contributed by atoms with Gasteiger partial charge in [0, 0.05) is 4.88 Å². The van der Waals surface area contributed by atoms with Crippen molar-refractivity contribution in [2.24, 2.45) is 0 Å². The molecule has 5 nitrogen and oxygen atoms in total. The summed E-state index contributed by atoms with van der Waals surface area (Å²) in [6, 6.07) is 11.0. The highest BCUT2D eigenvalue weighted by molar-refractivity contribution is 7.16. The number of carboxylic acid groups (broad SMARTS) is 1. The summed E-state index contributed by atoms with van der Waals surface area (Å²) in [4.78, 5) is 24.5. The van der Waals surface area contributed by atoms with E-state index < -0.39 is 12.1 Å². The maximum atomic E-state index is 12.1. The smallest absolute Gasteiger partial charge is 0.412 e. The second kappa shape index (κ2) is 13.0. The van der Waals surface area contributed by atoms with E-state index in [0.717, 1.165) is 29.7 Å². The second-order valence-electron chi connectivity index (χ2n) is 7.17. The van der Waals surface area contributed by atoms with Crippen LogP contribution in [0, 0.1) is 0 Å². The number of rotatable bonds is 13. The molecule has 0 saturated heterocycles. The molecule has 1 amide bonds. The van der Waals surface area contributed by atoms with Crippen LogP contribution in [-0.2, 0) is 17.8 Å². The number of hydrogen-bond donors (Lipinski definition) is 2. The third-order valence-electron chi connectivity index (χ3n) is 4.72. The molecule has 0 aliphatic carbocycles. The topological polar surface area (TPSA) is 75.6 Å². The van der Waals surface area contributed by atoms with Gasteiger partial charge < -0.3 is 9.84 Å². The van der Waals surface area contributed by atoms with Crippen LogP contribution in [0.4, 0.5) is 9.80 Å². The summed E-state index contributed by atoms with van der Waals surface area (Å²) in [5, 5.41) is 12.4. The lowest BCUT2D eigenvalue weighted by molar-refractivity contribution is 0.0698. The van der Waals surface area contributed by atoms with E-state index in [0.29, 0.717) is 5.00 Å². The van der Waals surface area contributed by atoms with E-state index in [1.807, 2.05) is 30.3 Å². The van der Waals surface area contributed by atoms with Gasteiger partial charge in [0.05, 0.1) is 5.56 Å². The first-order valence-corrected chi connectivity index (χ1v) is 11.3. The number of ether oxygens (including phenoxy) is 1. The Labute approximate surface area is 177 Å². The van der Waals surface area contributed by atoms with Gasteiger partial charge in [0.2, 0.25) is 0 Å². The Hall–Kier alpha value is -2.34. The van der Waals surface area contributed by atoms with Crippen LogP contribution in [0.15, 0.2) is 36.4 Å². The fourth-order valence-electron chi connectivity index (χ4n) is 3.10. The number of nitrogens with one attached hydrogen (secondary N) is 1.